The van der Waals surface area contributed by atoms with Crippen molar-refractivity contribution in [3.63, 3.8) is 0 Å². The highest BCUT2D eigenvalue weighted by Gasteiger charge is 2.53. The molecule has 2 aromatic carbocycles. The van der Waals surface area contributed by atoms with E-state index in [1.54, 1.807) is 0 Å². The molecule has 148 valence electrons. The molecule has 5 nitrogen and oxygen atoms in total. The van der Waals surface area contributed by atoms with Gasteiger partial charge in [0.1, 0.15) is 5.69 Å². The average molecular weight is 380 g/mol. The monoisotopic (exact) mass is 379 g/mol. The molecular weight excluding hydrogens is 350 g/mol. The second kappa shape index (κ2) is 6.46. The fraction of sp³-hybridized carbons (Fsp3) is 0.522. The predicted molar refractivity (Wildman–Crippen MR) is 114 cm³/mol. The van der Waals surface area contributed by atoms with Gasteiger partial charge in [-0.15, -0.1) is 0 Å². The zero-order valence-corrected chi connectivity index (χ0v) is 17.1. The number of aliphatic imine (C=N–C) groups is 1. The zero-order valence-electron chi connectivity index (χ0n) is 17.1. The Hall–Kier alpha value is -2.11. The van der Waals surface area contributed by atoms with Gasteiger partial charge in [0.2, 0.25) is 5.72 Å². The van der Waals surface area contributed by atoms with Crippen LogP contribution in [0, 0.1) is 5.41 Å². The lowest BCUT2D eigenvalue weighted by molar-refractivity contribution is -0.122. The van der Waals surface area contributed by atoms with Gasteiger partial charge in [0.05, 0.1) is 19.4 Å². The fourth-order valence-corrected chi connectivity index (χ4v) is 5.05. The minimum atomic E-state index is -0.497. The summed E-state index contributed by atoms with van der Waals surface area (Å²) < 4.78 is 12.4. The molecule has 0 amide bonds. The van der Waals surface area contributed by atoms with Gasteiger partial charge in [0, 0.05) is 47.6 Å². The van der Waals surface area contributed by atoms with Gasteiger partial charge >= 0.3 is 0 Å². The number of anilines is 1. The van der Waals surface area contributed by atoms with Gasteiger partial charge in [0.15, 0.2) is 5.75 Å². The van der Waals surface area contributed by atoms with Crippen molar-refractivity contribution in [1.82, 2.24) is 4.90 Å². The summed E-state index contributed by atoms with van der Waals surface area (Å²) in [6.07, 6.45) is 4.37. The second-order valence-corrected chi connectivity index (χ2v) is 8.85. The summed E-state index contributed by atoms with van der Waals surface area (Å²) in [6.45, 7) is 8.96. The molecule has 1 unspecified atom stereocenters. The first-order valence-corrected chi connectivity index (χ1v) is 10.4. The lowest BCUT2D eigenvalue weighted by atomic mass is 9.73. The number of piperidine rings is 1. The molecule has 0 bridgehead atoms. The number of benzene rings is 2. The van der Waals surface area contributed by atoms with E-state index in [1.807, 2.05) is 0 Å². The van der Waals surface area contributed by atoms with Crippen LogP contribution in [0.5, 0.6) is 5.75 Å². The van der Waals surface area contributed by atoms with Crippen molar-refractivity contribution < 1.29 is 9.47 Å². The first kappa shape index (κ1) is 18.0. The Morgan fingerprint density at radius 1 is 1.04 bits per heavy atom. The number of likely N-dealkylation sites (tertiary alicyclic amines) is 1. The van der Waals surface area contributed by atoms with E-state index < -0.39 is 5.72 Å². The van der Waals surface area contributed by atoms with Gasteiger partial charge in [-0.1, -0.05) is 38.1 Å². The van der Waals surface area contributed by atoms with Crippen molar-refractivity contribution in [2.24, 2.45) is 10.4 Å². The lowest BCUT2D eigenvalue weighted by Gasteiger charge is -2.53. The fourth-order valence-electron chi connectivity index (χ4n) is 5.05. The van der Waals surface area contributed by atoms with Crippen LogP contribution in [0.25, 0.3) is 10.8 Å². The number of morpholine rings is 1. The highest BCUT2D eigenvalue weighted by Crippen LogP contribution is 2.51. The largest absolute Gasteiger partial charge is 0.464 e. The Morgan fingerprint density at radius 3 is 2.54 bits per heavy atom. The Labute approximate surface area is 166 Å². The molecule has 2 fully saturated rings. The van der Waals surface area contributed by atoms with E-state index in [9.17, 15) is 0 Å². The average Bonchev–Trinajstić information content (AvgIpc) is 2.72. The molecule has 0 N–H and O–H groups in total. The Morgan fingerprint density at radius 2 is 1.79 bits per heavy atom. The molecule has 3 aliphatic heterocycles. The van der Waals surface area contributed by atoms with Crippen LogP contribution in [0.1, 0.15) is 26.7 Å². The van der Waals surface area contributed by atoms with Gasteiger partial charge in [-0.25, -0.2) is 0 Å². The molecule has 28 heavy (non-hydrogen) atoms. The minimum absolute atomic E-state index is 0.00797. The molecule has 5 rings (SSSR count). The third kappa shape index (κ3) is 2.56. The van der Waals surface area contributed by atoms with Crippen LogP contribution in [-0.2, 0) is 4.74 Å². The van der Waals surface area contributed by atoms with Gasteiger partial charge in [-0.3, -0.25) is 9.89 Å². The molecule has 0 radical (unpaired) electrons. The van der Waals surface area contributed by atoms with Crippen molar-refractivity contribution >= 4 is 28.4 Å². The van der Waals surface area contributed by atoms with Crippen molar-refractivity contribution in [2.75, 3.05) is 44.8 Å². The maximum Gasteiger partial charge on any atom is 0.204 e. The summed E-state index contributed by atoms with van der Waals surface area (Å²) in [7, 11) is 2.15. The van der Waals surface area contributed by atoms with Gasteiger partial charge in [-0.2, -0.15) is 0 Å². The molecule has 0 aromatic heterocycles. The summed E-state index contributed by atoms with van der Waals surface area (Å²) in [5.74, 6) is 0.893. The van der Waals surface area contributed by atoms with Crippen LogP contribution in [0.4, 0.5) is 11.4 Å². The highest BCUT2D eigenvalue weighted by molar-refractivity contribution is 6.05. The van der Waals surface area contributed by atoms with Crippen LogP contribution < -0.4 is 9.64 Å². The summed E-state index contributed by atoms with van der Waals surface area (Å²) >= 11 is 0. The van der Waals surface area contributed by atoms with E-state index in [4.69, 9.17) is 14.5 Å². The van der Waals surface area contributed by atoms with Crippen LogP contribution in [-0.4, -0.2) is 56.7 Å². The Bertz CT molecular complexity index is 933. The maximum atomic E-state index is 6.85. The molecule has 3 heterocycles. The second-order valence-electron chi connectivity index (χ2n) is 8.85. The van der Waals surface area contributed by atoms with Crippen molar-refractivity contribution in [2.45, 2.75) is 32.4 Å². The summed E-state index contributed by atoms with van der Waals surface area (Å²) in [5.41, 5.74) is 1.67. The summed E-state index contributed by atoms with van der Waals surface area (Å²) in [4.78, 5) is 9.73. The summed E-state index contributed by atoms with van der Waals surface area (Å²) in [6, 6.07) is 10.7. The molecule has 1 atom stereocenters. The van der Waals surface area contributed by atoms with E-state index in [1.165, 1.54) is 17.5 Å². The Balaban J connectivity index is 1.67. The van der Waals surface area contributed by atoms with E-state index in [0.717, 1.165) is 56.1 Å². The number of hydrogen-bond donors (Lipinski definition) is 0. The number of ether oxygens (including phenoxy) is 2. The highest BCUT2D eigenvalue weighted by atomic mass is 16.5. The lowest BCUT2D eigenvalue weighted by Crippen LogP contribution is -2.65. The molecule has 2 saturated heterocycles. The topological polar surface area (TPSA) is 37.3 Å². The molecule has 5 heteroatoms. The van der Waals surface area contributed by atoms with Crippen LogP contribution >= 0.6 is 0 Å². The van der Waals surface area contributed by atoms with Crippen LogP contribution in [0.3, 0.4) is 0 Å². The maximum absolute atomic E-state index is 6.85. The number of fused-ring (bicyclic) bond motifs is 3. The first-order chi connectivity index (χ1) is 13.5. The van der Waals surface area contributed by atoms with Gasteiger partial charge in [-0.05, 0) is 19.9 Å². The Kier molecular flexibility index (Phi) is 4.14. The molecule has 1 spiro atoms. The van der Waals surface area contributed by atoms with E-state index in [0.29, 0.717) is 0 Å². The number of hydrogen-bond acceptors (Lipinski definition) is 5. The van der Waals surface area contributed by atoms with Gasteiger partial charge in [0.25, 0.3) is 0 Å². The normalized spacial score (nSPS) is 27.0. The smallest absolute Gasteiger partial charge is 0.204 e. The number of rotatable bonds is 1. The van der Waals surface area contributed by atoms with E-state index in [-0.39, 0.29) is 5.41 Å². The third-order valence-corrected chi connectivity index (χ3v) is 6.78. The first-order valence-electron chi connectivity index (χ1n) is 10.4. The van der Waals surface area contributed by atoms with E-state index >= 15 is 0 Å². The van der Waals surface area contributed by atoms with Crippen LogP contribution in [0.2, 0.25) is 0 Å². The quantitative estimate of drug-likeness (QED) is 0.743. The van der Waals surface area contributed by atoms with Crippen molar-refractivity contribution in [3.05, 3.63) is 30.3 Å². The predicted octanol–water partition coefficient (Wildman–Crippen LogP) is 4.22. The number of nitrogens with zero attached hydrogens (tertiary/aromatic N) is 3. The van der Waals surface area contributed by atoms with E-state index in [2.05, 4.69) is 67.2 Å². The zero-order chi connectivity index (χ0) is 19.4. The molecule has 3 aliphatic rings. The molecule has 0 aliphatic carbocycles. The minimum Gasteiger partial charge on any atom is -0.464 e. The van der Waals surface area contributed by atoms with Crippen molar-refractivity contribution in [3.8, 4) is 5.75 Å². The van der Waals surface area contributed by atoms with Gasteiger partial charge < -0.3 is 14.4 Å². The molecule has 2 aromatic rings. The van der Waals surface area contributed by atoms with Crippen LogP contribution in [0.15, 0.2) is 35.3 Å². The van der Waals surface area contributed by atoms with Crippen molar-refractivity contribution in [1.29, 1.82) is 0 Å². The SMILES string of the molecule is CN1CCCC(C)(C)C12C=Nc1c(cc(N3CCOCC3)c3ccccc13)O2. The summed E-state index contributed by atoms with van der Waals surface area (Å²) in [5, 5.41) is 2.39. The molecular formula is C23H29N3O2. The molecule has 0 saturated carbocycles. The third-order valence-electron chi connectivity index (χ3n) is 6.78. The standard InChI is InChI=1S/C23H29N3O2/c1-22(2)9-6-10-25(3)23(22)16-24-21-18-8-5-4-7-17(18)19(15-20(21)28-23)26-11-13-27-14-12-26/h4-5,7-8,15-16H,6,9-14H2,1-3H3.